The molecule has 0 atom stereocenters. The van der Waals surface area contributed by atoms with E-state index in [-0.39, 0.29) is 47.7 Å². The van der Waals surface area contributed by atoms with E-state index in [2.05, 4.69) is 21.3 Å². The Balaban J connectivity index is 1.35. The highest BCUT2D eigenvalue weighted by atomic mass is 16.3. The summed E-state index contributed by atoms with van der Waals surface area (Å²) < 4.78 is 0. The second-order valence-electron chi connectivity index (χ2n) is 8.61. The molecule has 0 saturated carbocycles. The second kappa shape index (κ2) is 16.2. The van der Waals surface area contributed by atoms with Crippen molar-refractivity contribution in [3.8, 4) is 23.0 Å². The van der Waals surface area contributed by atoms with Crippen LogP contribution in [0.25, 0.3) is 0 Å². The number of phenols is 4. The standard InChI is InChI=1S/C26H38N4O6/c31-21-7-5-19(15-23(21)33)17-25(35)29-13-3-11-27-9-1-2-10-28-12-4-14-30-26(36)18-20-6-8-22(32)24(34)16-20/h5-8,15-16,27-28,31-34H,1-4,9-14,17-18H2,(H,29,35)(H,30,36). The third kappa shape index (κ3) is 11.8. The molecule has 0 fully saturated rings. The fraction of sp³-hybridized carbons (Fsp3) is 0.462. The molecule has 0 bridgehead atoms. The van der Waals surface area contributed by atoms with Crippen LogP contribution in [0, 0.1) is 0 Å². The highest BCUT2D eigenvalue weighted by Crippen LogP contribution is 2.25. The number of amides is 2. The van der Waals surface area contributed by atoms with E-state index in [1.807, 2.05) is 0 Å². The number of nitrogens with one attached hydrogen (secondary N) is 4. The van der Waals surface area contributed by atoms with Gasteiger partial charge in [0, 0.05) is 13.1 Å². The fourth-order valence-corrected chi connectivity index (χ4v) is 3.49. The predicted octanol–water partition coefficient (Wildman–Crippen LogP) is 1.27. The molecule has 2 aromatic carbocycles. The molecule has 0 heterocycles. The molecule has 0 aliphatic rings. The molecule has 2 aromatic rings. The van der Waals surface area contributed by atoms with Gasteiger partial charge in [0.1, 0.15) is 0 Å². The summed E-state index contributed by atoms with van der Waals surface area (Å²) in [5.41, 5.74) is 1.29. The Morgan fingerprint density at radius 3 is 1.31 bits per heavy atom. The highest BCUT2D eigenvalue weighted by Gasteiger charge is 2.07. The highest BCUT2D eigenvalue weighted by molar-refractivity contribution is 5.79. The summed E-state index contributed by atoms with van der Waals surface area (Å²) in [7, 11) is 0. The van der Waals surface area contributed by atoms with Crippen molar-refractivity contribution in [1.29, 1.82) is 0 Å². The first-order valence-corrected chi connectivity index (χ1v) is 12.3. The number of unbranched alkanes of at least 4 members (excludes halogenated alkanes) is 1. The van der Waals surface area contributed by atoms with Crippen LogP contribution in [0.4, 0.5) is 0 Å². The third-order valence-corrected chi connectivity index (χ3v) is 5.47. The number of hydrogen-bond acceptors (Lipinski definition) is 8. The van der Waals surface area contributed by atoms with Crippen LogP contribution in [0.15, 0.2) is 36.4 Å². The van der Waals surface area contributed by atoms with E-state index in [1.165, 1.54) is 24.3 Å². The molecule has 36 heavy (non-hydrogen) atoms. The van der Waals surface area contributed by atoms with Gasteiger partial charge in [-0.3, -0.25) is 9.59 Å². The van der Waals surface area contributed by atoms with Crippen LogP contribution >= 0.6 is 0 Å². The first-order chi connectivity index (χ1) is 17.3. The summed E-state index contributed by atoms with van der Waals surface area (Å²) in [5, 5.41) is 49.9. The molecule has 0 unspecified atom stereocenters. The fourth-order valence-electron chi connectivity index (χ4n) is 3.49. The zero-order chi connectivity index (χ0) is 26.2. The minimum atomic E-state index is -0.227. The van der Waals surface area contributed by atoms with Gasteiger partial charge in [0.05, 0.1) is 12.8 Å². The van der Waals surface area contributed by atoms with Gasteiger partial charge in [-0.05, 0) is 87.3 Å². The van der Waals surface area contributed by atoms with E-state index < -0.39 is 0 Å². The van der Waals surface area contributed by atoms with Crippen LogP contribution in [0.1, 0.15) is 36.8 Å². The monoisotopic (exact) mass is 502 g/mol. The van der Waals surface area contributed by atoms with Crippen LogP contribution in [0.2, 0.25) is 0 Å². The maximum Gasteiger partial charge on any atom is 0.224 e. The first kappa shape index (κ1) is 28.7. The van der Waals surface area contributed by atoms with Crippen molar-refractivity contribution in [2.45, 2.75) is 38.5 Å². The molecule has 0 aliphatic heterocycles. The Bertz CT molecular complexity index is 892. The summed E-state index contributed by atoms with van der Waals surface area (Å²) in [6, 6.07) is 8.73. The van der Waals surface area contributed by atoms with E-state index in [9.17, 15) is 30.0 Å². The van der Waals surface area contributed by atoms with Gasteiger partial charge in [0.2, 0.25) is 11.8 Å². The van der Waals surface area contributed by atoms with Crippen LogP contribution in [-0.2, 0) is 22.4 Å². The molecule has 0 radical (unpaired) electrons. The average Bonchev–Trinajstić information content (AvgIpc) is 2.84. The normalized spacial score (nSPS) is 10.8. The van der Waals surface area contributed by atoms with Crippen molar-refractivity contribution >= 4 is 11.8 Å². The summed E-state index contributed by atoms with van der Waals surface area (Å²) >= 11 is 0. The molecule has 0 aromatic heterocycles. The summed E-state index contributed by atoms with van der Waals surface area (Å²) in [4.78, 5) is 23.8. The zero-order valence-electron chi connectivity index (χ0n) is 20.6. The summed E-state index contributed by atoms with van der Waals surface area (Å²) in [5.74, 6) is -1.10. The Hall–Kier alpha value is -3.50. The lowest BCUT2D eigenvalue weighted by molar-refractivity contribution is -0.121. The average molecular weight is 503 g/mol. The first-order valence-electron chi connectivity index (χ1n) is 12.3. The lowest BCUT2D eigenvalue weighted by Crippen LogP contribution is -2.29. The van der Waals surface area contributed by atoms with Gasteiger partial charge in [-0.25, -0.2) is 0 Å². The van der Waals surface area contributed by atoms with Crippen molar-refractivity contribution in [2.24, 2.45) is 0 Å². The molecule has 198 valence electrons. The Kier molecular flexibility index (Phi) is 12.9. The Morgan fingerprint density at radius 1 is 0.528 bits per heavy atom. The minimum Gasteiger partial charge on any atom is -0.504 e. The van der Waals surface area contributed by atoms with E-state index in [1.54, 1.807) is 12.1 Å². The molecule has 0 aliphatic carbocycles. The van der Waals surface area contributed by atoms with E-state index in [0.29, 0.717) is 24.2 Å². The molecular formula is C26H38N4O6. The molecule has 0 spiro atoms. The maximum absolute atomic E-state index is 11.9. The minimum absolute atomic E-state index is 0.122. The number of carbonyl (C=O) groups excluding carboxylic acids is 2. The topological polar surface area (TPSA) is 163 Å². The van der Waals surface area contributed by atoms with E-state index in [4.69, 9.17) is 0 Å². The quantitative estimate of drug-likeness (QED) is 0.118. The second-order valence-corrected chi connectivity index (χ2v) is 8.61. The lowest BCUT2D eigenvalue weighted by atomic mass is 10.1. The number of hydrogen-bond donors (Lipinski definition) is 8. The van der Waals surface area contributed by atoms with Gasteiger partial charge in [-0.2, -0.15) is 0 Å². The number of aromatic hydroxyl groups is 4. The Labute approximate surface area is 211 Å². The van der Waals surface area contributed by atoms with Crippen LogP contribution in [0.3, 0.4) is 0 Å². The third-order valence-electron chi connectivity index (χ3n) is 5.47. The van der Waals surface area contributed by atoms with Gasteiger partial charge < -0.3 is 41.7 Å². The van der Waals surface area contributed by atoms with Crippen molar-refractivity contribution in [3.05, 3.63) is 47.5 Å². The molecule has 10 heteroatoms. The van der Waals surface area contributed by atoms with Crippen molar-refractivity contribution in [3.63, 3.8) is 0 Å². The van der Waals surface area contributed by atoms with Gasteiger partial charge in [0.15, 0.2) is 23.0 Å². The van der Waals surface area contributed by atoms with E-state index >= 15 is 0 Å². The molecule has 2 amide bonds. The van der Waals surface area contributed by atoms with Gasteiger partial charge in [-0.1, -0.05) is 12.1 Å². The maximum atomic E-state index is 11.9. The van der Waals surface area contributed by atoms with Gasteiger partial charge in [0.25, 0.3) is 0 Å². The van der Waals surface area contributed by atoms with Gasteiger partial charge >= 0.3 is 0 Å². The number of phenolic OH excluding ortho intramolecular Hbond substituents is 4. The zero-order valence-corrected chi connectivity index (χ0v) is 20.6. The van der Waals surface area contributed by atoms with Crippen molar-refractivity contribution in [1.82, 2.24) is 21.3 Å². The number of rotatable bonds is 17. The SMILES string of the molecule is O=C(Cc1ccc(O)c(O)c1)NCCCNCCCCNCCCNC(=O)Cc1ccc(O)c(O)c1. The lowest BCUT2D eigenvalue weighted by Gasteiger charge is -2.08. The Morgan fingerprint density at radius 2 is 0.917 bits per heavy atom. The van der Waals surface area contributed by atoms with Gasteiger partial charge in [-0.15, -0.1) is 0 Å². The smallest absolute Gasteiger partial charge is 0.224 e. The predicted molar refractivity (Wildman–Crippen MR) is 137 cm³/mol. The van der Waals surface area contributed by atoms with Crippen molar-refractivity contribution in [2.75, 3.05) is 39.3 Å². The molecule has 2 rings (SSSR count). The van der Waals surface area contributed by atoms with Crippen LogP contribution in [0.5, 0.6) is 23.0 Å². The van der Waals surface area contributed by atoms with Crippen LogP contribution < -0.4 is 21.3 Å². The number of benzene rings is 2. The number of carbonyl (C=O) groups is 2. The molecule has 0 saturated heterocycles. The van der Waals surface area contributed by atoms with Crippen LogP contribution in [-0.4, -0.2) is 71.5 Å². The molecular weight excluding hydrogens is 464 g/mol. The molecule has 8 N–H and O–H groups in total. The largest absolute Gasteiger partial charge is 0.504 e. The summed E-state index contributed by atoms with van der Waals surface area (Å²) in [6.07, 6.45) is 4.05. The molecule has 10 nitrogen and oxygen atoms in total. The van der Waals surface area contributed by atoms with Crippen molar-refractivity contribution < 1.29 is 30.0 Å². The van der Waals surface area contributed by atoms with E-state index in [0.717, 1.165) is 51.9 Å². The summed E-state index contributed by atoms with van der Waals surface area (Å²) in [6.45, 7) is 4.60.